The van der Waals surface area contributed by atoms with Gasteiger partial charge in [0.05, 0.1) is 31.0 Å². The van der Waals surface area contributed by atoms with Gasteiger partial charge >= 0.3 is 11.9 Å². The third-order valence-corrected chi connectivity index (χ3v) is 7.36. The molecule has 0 spiro atoms. The molecule has 1 unspecified atom stereocenters. The molecule has 0 bridgehead atoms. The van der Waals surface area contributed by atoms with Crippen LogP contribution in [0.25, 0.3) is 5.76 Å². The number of halogens is 1. The van der Waals surface area contributed by atoms with Gasteiger partial charge in [0.15, 0.2) is 5.13 Å². The van der Waals surface area contributed by atoms with Crippen LogP contribution in [-0.2, 0) is 14.3 Å². The fourth-order valence-electron chi connectivity index (χ4n) is 4.07. The van der Waals surface area contributed by atoms with Gasteiger partial charge in [0.2, 0.25) is 0 Å². The Kier molecular flexibility index (Phi) is 7.28. The van der Waals surface area contributed by atoms with Crippen LogP contribution >= 0.6 is 27.3 Å². The van der Waals surface area contributed by atoms with Crippen LogP contribution in [0.2, 0.25) is 0 Å². The van der Waals surface area contributed by atoms with Gasteiger partial charge in [-0.1, -0.05) is 39.4 Å². The van der Waals surface area contributed by atoms with E-state index in [1.165, 1.54) is 4.90 Å². The summed E-state index contributed by atoms with van der Waals surface area (Å²) in [6, 6.07) is 11.1. The van der Waals surface area contributed by atoms with Crippen LogP contribution in [0.5, 0.6) is 5.75 Å². The smallest absolute Gasteiger partial charge is 0.350 e. The summed E-state index contributed by atoms with van der Waals surface area (Å²) in [5.74, 6) is -1.94. The second kappa shape index (κ2) is 10.2. The zero-order valence-electron chi connectivity index (χ0n) is 20.0. The van der Waals surface area contributed by atoms with E-state index >= 15 is 0 Å². The summed E-state index contributed by atoms with van der Waals surface area (Å²) in [7, 11) is 1.54. The van der Waals surface area contributed by atoms with Crippen LogP contribution < -0.4 is 9.64 Å². The number of benzene rings is 2. The molecule has 10 heteroatoms. The Labute approximate surface area is 220 Å². The SMILES string of the molecule is CCOC(=O)c1sc(N2C(=O)C(=O)C(=C(O)c3ccc(OC)c(C)c3)C2c2cccc(Br)c2)nc1C. The first-order valence-electron chi connectivity index (χ1n) is 11.0. The van der Waals surface area contributed by atoms with Gasteiger partial charge < -0.3 is 14.6 Å². The minimum absolute atomic E-state index is 0.0757. The van der Waals surface area contributed by atoms with E-state index in [1.807, 2.05) is 13.0 Å². The maximum Gasteiger partial charge on any atom is 0.350 e. The maximum atomic E-state index is 13.4. The molecule has 0 saturated carbocycles. The van der Waals surface area contributed by atoms with E-state index in [-0.39, 0.29) is 27.9 Å². The number of methoxy groups -OCH3 is 1. The predicted octanol–water partition coefficient (Wildman–Crippen LogP) is 5.33. The lowest BCUT2D eigenvalue weighted by Crippen LogP contribution is -2.29. The number of thiazole rings is 1. The second-order valence-corrected chi connectivity index (χ2v) is 9.93. The summed E-state index contributed by atoms with van der Waals surface area (Å²) >= 11 is 4.40. The number of hydrogen-bond acceptors (Lipinski definition) is 8. The Hall–Kier alpha value is -3.50. The number of aliphatic hydroxyl groups excluding tert-OH is 1. The van der Waals surface area contributed by atoms with E-state index in [9.17, 15) is 19.5 Å². The first-order valence-corrected chi connectivity index (χ1v) is 12.6. The van der Waals surface area contributed by atoms with Crippen molar-refractivity contribution in [1.82, 2.24) is 4.98 Å². The predicted molar refractivity (Wildman–Crippen MR) is 139 cm³/mol. The van der Waals surface area contributed by atoms with Gasteiger partial charge in [-0.25, -0.2) is 9.78 Å². The van der Waals surface area contributed by atoms with E-state index < -0.39 is 23.7 Å². The zero-order valence-corrected chi connectivity index (χ0v) is 22.4. The summed E-state index contributed by atoms with van der Waals surface area (Å²) in [4.78, 5) is 45.0. The number of aryl methyl sites for hydroxylation is 2. The van der Waals surface area contributed by atoms with E-state index in [0.717, 1.165) is 21.4 Å². The van der Waals surface area contributed by atoms with Crippen molar-refractivity contribution >= 4 is 55.8 Å². The molecule has 2 heterocycles. The molecule has 186 valence electrons. The third-order valence-electron chi connectivity index (χ3n) is 5.73. The number of nitrogens with zero attached hydrogens (tertiary/aromatic N) is 2. The standard InChI is InChI=1S/C26H23BrN2O6S/c1-5-35-25(33)23-14(3)28-26(36-23)29-20(15-7-6-8-17(27)12-15)19(22(31)24(29)32)21(30)16-9-10-18(34-4)13(2)11-16/h6-12,20,30H,5H2,1-4H3. The van der Waals surface area contributed by atoms with E-state index in [1.54, 1.807) is 57.4 Å². The molecule has 1 amide bonds. The number of hydrogen-bond donors (Lipinski definition) is 1. The van der Waals surface area contributed by atoms with Gasteiger partial charge in [-0.3, -0.25) is 14.5 Å². The number of aromatic nitrogens is 1. The number of aliphatic hydroxyl groups is 1. The lowest BCUT2D eigenvalue weighted by molar-refractivity contribution is -0.132. The van der Waals surface area contributed by atoms with Crippen LogP contribution in [0.3, 0.4) is 0 Å². The van der Waals surface area contributed by atoms with Crippen molar-refractivity contribution in [3.05, 3.63) is 79.8 Å². The first-order chi connectivity index (χ1) is 17.2. The largest absolute Gasteiger partial charge is 0.507 e. The molecular weight excluding hydrogens is 548 g/mol. The average Bonchev–Trinajstić information content (AvgIpc) is 3.35. The monoisotopic (exact) mass is 570 g/mol. The maximum absolute atomic E-state index is 13.4. The van der Waals surface area contributed by atoms with Crippen LogP contribution in [-0.4, -0.2) is 41.5 Å². The summed E-state index contributed by atoms with van der Waals surface area (Å²) in [6.07, 6.45) is 0. The fourth-order valence-corrected chi connectivity index (χ4v) is 5.48. The lowest BCUT2D eigenvalue weighted by Gasteiger charge is -2.23. The normalized spacial score (nSPS) is 16.9. The molecule has 0 radical (unpaired) electrons. The fraction of sp³-hybridized carbons (Fsp3) is 0.231. The van der Waals surface area contributed by atoms with Crippen LogP contribution in [0.15, 0.2) is 52.5 Å². The van der Waals surface area contributed by atoms with Gasteiger partial charge in [0, 0.05) is 10.0 Å². The molecule has 0 aliphatic carbocycles. The number of ketones is 1. The number of rotatable bonds is 6. The molecular formula is C26H23BrN2O6S. The molecule has 8 nitrogen and oxygen atoms in total. The topological polar surface area (TPSA) is 106 Å². The molecule has 1 aliphatic heterocycles. The highest BCUT2D eigenvalue weighted by Gasteiger charge is 2.48. The van der Waals surface area contributed by atoms with Gasteiger partial charge in [0.25, 0.3) is 5.78 Å². The number of Topliss-reactive ketones (excluding diaryl/α,β-unsaturated/α-hetero) is 1. The van der Waals surface area contributed by atoms with E-state index in [2.05, 4.69) is 20.9 Å². The number of carbonyl (C=O) groups excluding carboxylic acids is 3. The molecule has 1 atom stereocenters. The molecule has 1 aliphatic rings. The number of amides is 1. The highest BCUT2D eigenvalue weighted by molar-refractivity contribution is 9.10. The Morgan fingerprint density at radius 3 is 2.58 bits per heavy atom. The van der Waals surface area contributed by atoms with Crippen molar-refractivity contribution in [2.75, 3.05) is 18.6 Å². The summed E-state index contributed by atoms with van der Waals surface area (Å²) in [5.41, 5.74) is 2.02. The second-order valence-electron chi connectivity index (χ2n) is 8.04. The molecule has 1 fully saturated rings. The molecule has 4 rings (SSSR count). The molecule has 2 aromatic carbocycles. The van der Waals surface area contributed by atoms with Crippen molar-refractivity contribution in [2.45, 2.75) is 26.8 Å². The summed E-state index contributed by atoms with van der Waals surface area (Å²) < 4.78 is 11.1. The van der Waals surface area contributed by atoms with Gasteiger partial charge in [0.1, 0.15) is 16.4 Å². The molecule has 36 heavy (non-hydrogen) atoms. The highest BCUT2D eigenvalue weighted by atomic mass is 79.9. The molecule has 1 saturated heterocycles. The zero-order chi connectivity index (χ0) is 26.1. The van der Waals surface area contributed by atoms with E-state index in [0.29, 0.717) is 22.6 Å². The number of anilines is 1. The minimum Gasteiger partial charge on any atom is -0.507 e. The third kappa shape index (κ3) is 4.54. The summed E-state index contributed by atoms with van der Waals surface area (Å²) in [5, 5.41) is 11.5. The molecule has 1 N–H and O–H groups in total. The summed E-state index contributed by atoms with van der Waals surface area (Å²) in [6.45, 7) is 5.34. The van der Waals surface area contributed by atoms with Gasteiger partial charge in [-0.15, -0.1) is 0 Å². The number of carbonyl (C=O) groups is 3. The Morgan fingerprint density at radius 2 is 1.94 bits per heavy atom. The highest BCUT2D eigenvalue weighted by Crippen LogP contribution is 2.44. The van der Waals surface area contributed by atoms with Gasteiger partial charge in [-0.05, 0) is 62.2 Å². The molecule has 3 aromatic rings. The van der Waals surface area contributed by atoms with E-state index in [4.69, 9.17) is 9.47 Å². The van der Waals surface area contributed by atoms with Crippen molar-refractivity contribution in [2.24, 2.45) is 0 Å². The average molecular weight is 571 g/mol. The van der Waals surface area contributed by atoms with Crippen LogP contribution in [0.1, 0.15) is 45.0 Å². The number of esters is 1. The first kappa shape index (κ1) is 25.6. The van der Waals surface area contributed by atoms with Crippen molar-refractivity contribution in [1.29, 1.82) is 0 Å². The van der Waals surface area contributed by atoms with Crippen molar-refractivity contribution in [3.8, 4) is 5.75 Å². The van der Waals surface area contributed by atoms with Gasteiger partial charge in [-0.2, -0.15) is 0 Å². The Bertz CT molecular complexity index is 1410. The minimum atomic E-state index is -0.967. The Morgan fingerprint density at radius 1 is 1.19 bits per heavy atom. The van der Waals surface area contributed by atoms with Crippen molar-refractivity contribution < 1.29 is 29.0 Å². The quantitative estimate of drug-likeness (QED) is 0.184. The van der Waals surface area contributed by atoms with Crippen LogP contribution in [0.4, 0.5) is 5.13 Å². The van der Waals surface area contributed by atoms with Crippen LogP contribution in [0, 0.1) is 13.8 Å². The van der Waals surface area contributed by atoms with Crippen molar-refractivity contribution in [3.63, 3.8) is 0 Å². The molecule has 1 aromatic heterocycles. The lowest BCUT2D eigenvalue weighted by atomic mass is 9.95. The number of ether oxygens (including phenoxy) is 2. The Balaban J connectivity index is 1.92.